The number of hydrogen-bond acceptors (Lipinski definition) is 4. The fourth-order valence-electron chi connectivity index (χ4n) is 4.38. The smallest absolute Gasteiger partial charge is 0.224 e. The summed E-state index contributed by atoms with van der Waals surface area (Å²) < 4.78 is 13.8. The first-order valence-electron chi connectivity index (χ1n) is 10.6. The number of anilines is 2. The van der Waals surface area contributed by atoms with E-state index in [0.29, 0.717) is 18.0 Å². The quantitative estimate of drug-likeness (QED) is 0.800. The van der Waals surface area contributed by atoms with E-state index in [2.05, 4.69) is 26.2 Å². The van der Waals surface area contributed by atoms with Crippen molar-refractivity contribution >= 4 is 17.3 Å². The molecule has 0 radical (unpaired) electrons. The van der Waals surface area contributed by atoms with E-state index in [0.717, 1.165) is 69.8 Å². The Morgan fingerprint density at radius 1 is 1.10 bits per heavy atom. The van der Waals surface area contributed by atoms with Crippen molar-refractivity contribution in [1.29, 1.82) is 0 Å². The summed E-state index contributed by atoms with van der Waals surface area (Å²) in [6.07, 6.45) is 6.61. The minimum absolute atomic E-state index is 0.0146. The van der Waals surface area contributed by atoms with Gasteiger partial charge in [0.15, 0.2) is 0 Å². The van der Waals surface area contributed by atoms with Gasteiger partial charge in [-0.05, 0) is 75.0 Å². The summed E-state index contributed by atoms with van der Waals surface area (Å²) in [5.74, 6) is 0.0454. The average Bonchev–Trinajstić information content (AvgIpc) is 3.25. The molecule has 1 aromatic carbocycles. The zero-order valence-electron chi connectivity index (χ0n) is 16.8. The Hall–Kier alpha value is -2.47. The third kappa shape index (κ3) is 5.32. The van der Waals surface area contributed by atoms with Crippen molar-refractivity contribution in [2.75, 3.05) is 36.4 Å². The van der Waals surface area contributed by atoms with Crippen molar-refractivity contribution in [1.82, 2.24) is 9.88 Å². The maximum atomic E-state index is 13.8. The number of amides is 1. The first-order valence-corrected chi connectivity index (χ1v) is 10.6. The number of pyridine rings is 1. The summed E-state index contributed by atoms with van der Waals surface area (Å²) in [6.45, 7) is 4.75. The van der Waals surface area contributed by atoms with Gasteiger partial charge in [-0.15, -0.1) is 0 Å². The number of hydrogen-bond donors (Lipinski definition) is 1. The number of likely N-dealkylation sites (tertiary alicyclic amines) is 1. The molecule has 4 rings (SSSR count). The molecule has 29 heavy (non-hydrogen) atoms. The predicted molar refractivity (Wildman–Crippen MR) is 113 cm³/mol. The molecule has 1 aromatic heterocycles. The van der Waals surface area contributed by atoms with Crippen LogP contribution in [0.25, 0.3) is 0 Å². The third-order valence-corrected chi connectivity index (χ3v) is 5.97. The summed E-state index contributed by atoms with van der Waals surface area (Å²) in [4.78, 5) is 21.7. The molecule has 1 amide bonds. The van der Waals surface area contributed by atoms with Crippen LogP contribution in [0.3, 0.4) is 0 Å². The van der Waals surface area contributed by atoms with Crippen molar-refractivity contribution in [3.05, 3.63) is 54.1 Å². The van der Waals surface area contributed by atoms with Crippen LogP contribution in [-0.2, 0) is 11.3 Å². The van der Waals surface area contributed by atoms with Gasteiger partial charge in [-0.25, -0.2) is 4.39 Å². The second-order valence-electron chi connectivity index (χ2n) is 8.15. The second-order valence-corrected chi connectivity index (χ2v) is 8.15. The molecule has 2 aliphatic rings. The number of nitrogens with zero attached hydrogens (tertiary/aromatic N) is 3. The van der Waals surface area contributed by atoms with E-state index in [1.807, 2.05) is 18.3 Å². The molecule has 0 saturated carbocycles. The first-order chi connectivity index (χ1) is 14.2. The van der Waals surface area contributed by atoms with Crippen molar-refractivity contribution in [2.45, 2.75) is 38.6 Å². The topological polar surface area (TPSA) is 48.5 Å². The predicted octanol–water partition coefficient (Wildman–Crippen LogP) is 4.06. The fourth-order valence-corrected chi connectivity index (χ4v) is 4.38. The summed E-state index contributed by atoms with van der Waals surface area (Å²) in [7, 11) is 0. The van der Waals surface area contributed by atoms with Crippen molar-refractivity contribution in [3.8, 4) is 0 Å². The molecule has 154 valence electrons. The lowest BCUT2D eigenvalue weighted by atomic mass is 9.93. The summed E-state index contributed by atoms with van der Waals surface area (Å²) in [5.41, 5.74) is 2.62. The molecule has 1 N–H and O–H groups in total. The second kappa shape index (κ2) is 9.35. The summed E-state index contributed by atoms with van der Waals surface area (Å²) in [6, 6.07) is 10.7. The number of benzene rings is 1. The SMILES string of the molecule is O=C(CC1CCN(Cc2ccccn2)CC1)Nc1cc(F)ccc1N1CCCC1. The van der Waals surface area contributed by atoms with Crippen LogP contribution in [0.4, 0.5) is 15.8 Å². The monoisotopic (exact) mass is 396 g/mol. The molecule has 0 atom stereocenters. The molecular formula is C23H29FN4O. The van der Waals surface area contributed by atoms with Crippen LogP contribution in [0.1, 0.15) is 37.8 Å². The Balaban J connectivity index is 1.29. The number of carbonyl (C=O) groups excluding carboxylic acids is 1. The number of halogens is 1. The van der Waals surface area contributed by atoms with Gasteiger partial charge in [0, 0.05) is 32.3 Å². The Kier molecular flexibility index (Phi) is 6.39. The van der Waals surface area contributed by atoms with Crippen LogP contribution >= 0.6 is 0 Å². The van der Waals surface area contributed by atoms with Gasteiger partial charge in [0.2, 0.25) is 5.91 Å². The molecule has 2 aliphatic heterocycles. The van der Waals surface area contributed by atoms with Gasteiger partial charge in [-0.2, -0.15) is 0 Å². The van der Waals surface area contributed by atoms with Crippen molar-refractivity contribution in [3.63, 3.8) is 0 Å². The largest absolute Gasteiger partial charge is 0.370 e. The Morgan fingerprint density at radius 3 is 2.62 bits per heavy atom. The minimum Gasteiger partial charge on any atom is -0.370 e. The lowest BCUT2D eigenvalue weighted by Crippen LogP contribution is -2.34. The van der Waals surface area contributed by atoms with E-state index in [9.17, 15) is 9.18 Å². The van der Waals surface area contributed by atoms with Crippen LogP contribution in [-0.4, -0.2) is 42.0 Å². The highest BCUT2D eigenvalue weighted by molar-refractivity contribution is 5.94. The van der Waals surface area contributed by atoms with Crippen LogP contribution < -0.4 is 10.2 Å². The molecule has 5 nitrogen and oxygen atoms in total. The van der Waals surface area contributed by atoms with Gasteiger partial charge >= 0.3 is 0 Å². The third-order valence-electron chi connectivity index (χ3n) is 5.97. The molecule has 2 fully saturated rings. The molecule has 3 heterocycles. The number of piperidine rings is 1. The fraction of sp³-hybridized carbons (Fsp3) is 0.478. The first kappa shape index (κ1) is 19.8. The minimum atomic E-state index is -0.314. The molecule has 0 aliphatic carbocycles. The van der Waals surface area contributed by atoms with E-state index in [4.69, 9.17) is 0 Å². The van der Waals surface area contributed by atoms with E-state index >= 15 is 0 Å². The molecule has 2 saturated heterocycles. The van der Waals surface area contributed by atoms with E-state index in [-0.39, 0.29) is 11.7 Å². The number of carbonyl (C=O) groups is 1. The van der Waals surface area contributed by atoms with Gasteiger partial charge < -0.3 is 10.2 Å². The molecule has 0 spiro atoms. The Bertz CT molecular complexity index is 815. The van der Waals surface area contributed by atoms with Gasteiger partial charge in [0.1, 0.15) is 5.82 Å². The highest BCUT2D eigenvalue weighted by atomic mass is 19.1. The highest BCUT2D eigenvalue weighted by Gasteiger charge is 2.23. The lowest BCUT2D eigenvalue weighted by Gasteiger charge is -2.31. The van der Waals surface area contributed by atoms with Crippen molar-refractivity contribution < 1.29 is 9.18 Å². The standard InChI is InChI=1S/C23H29FN4O/c24-19-6-7-22(28-11-3-4-12-28)21(16-19)26-23(29)15-18-8-13-27(14-9-18)17-20-5-1-2-10-25-20/h1-2,5-7,10,16,18H,3-4,8-9,11-15,17H2,(H,26,29). The lowest BCUT2D eigenvalue weighted by molar-refractivity contribution is -0.117. The zero-order valence-corrected chi connectivity index (χ0v) is 16.8. The zero-order chi connectivity index (χ0) is 20.1. The Labute approximate surface area is 171 Å². The van der Waals surface area contributed by atoms with Crippen LogP contribution in [0.5, 0.6) is 0 Å². The van der Waals surface area contributed by atoms with Crippen LogP contribution in [0.2, 0.25) is 0 Å². The molecule has 0 bridgehead atoms. The maximum Gasteiger partial charge on any atom is 0.224 e. The molecule has 0 unspecified atom stereocenters. The molecular weight excluding hydrogens is 367 g/mol. The van der Waals surface area contributed by atoms with Gasteiger partial charge in [-0.3, -0.25) is 14.7 Å². The summed E-state index contributed by atoms with van der Waals surface area (Å²) >= 11 is 0. The van der Waals surface area contributed by atoms with Crippen molar-refractivity contribution in [2.24, 2.45) is 5.92 Å². The summed E-state index contributed by atoms with van der Waals surface area (Å²) in [5, 5.41) is 2.98. The van der Waals surface area contributed by atoms with E-state index < -0.39 is 0 Å². The van der Waals surface area contributed by atoms with Crippen LogP contribution in [0.15, 0.2) is 42.6 Å². The maximum absolute atomic E-state index is 13.8. The van der Waals surface area contributed by atoms with Gasteiger partial charge in [0.05, 0.1) is 17.1 Å². The van der Waals surface area contributed by atoms with E-state index in [1.54, 1.807) is 6.07 Å². The normalized spacial score (nSPS) is 18.2. The number of aromatic nitrogens is 1. The highest BCUT2D eigenvalue weighted by Crippen LogP contribution is 2.30. The van der Waals surface area contributed by atoms with Crippen LogP contribution in [0, 0.1) is 11.7 Å². The number of nitrogens with one attached hydrogen (secondary N) is 1. The van der Waals surface area contributed by atoms with Gasteiger partial charge in [0.25, 0.3) is 0 Å². The molecule has 2 aromatic rings. The van der Waals surface area contributed by atoms with E-state index in [1.165, 1.54) is 12.1 Å². The average molecular weight is 397 g/mol. The molecule has 6 heteroatoms. The Morgan fingerprint density at radius 2 is 1.90 bits per heavy atom. The number of rotatable bonds is 6. The van der Waals surface area contributed by atoms with Gasteiger partial charge in [-0.1, -0.05) is 6.07 Å².